The maximum Gasteiger partial charge on any atom is 0.327 e. The number of benzene rings is 2. The number of carbonyl (C=O) groups is 3. The van der Waals surface area contributed by atoms with Crippen molar-refractivity contribution in [2.24, 2.45) is 5.92 Å². The lowest BCUT2D eigenvalue weighted by molar-refractivity contribution is -0.135. The number of nitrogens with one attached hydrogen (secondary N) is 1. The molecule has 36 heavy (non-hydrogen) atoms. The summed E-state index contributed by atoms with van der Waals surface area (Å²) in [4.78, 5) is 44.4. The average molecular weight is 556 g/mol. The number of nitrogens with zero attached hydrogens (tertiary/aromatic N) is 3. The molecule has 1 spiro atoms. The Morgan fingerprint density at radius 3 is 2.28 bits per heavy atom. The van der Waals surface area contributed by atoms with Crippen molar-refractivity contribution in [1.82, 2.24) is 20.0 Å². The fraction of sp³-hybridized carbons (Fsp3) is 0.464. The van der Waals surface area contributed by atoms with Gasteiger partial charge >= 0.3 is 6.03 Å². The fourth-order valence-electron chi connectivity index (χ4n) is 5.11. The van der Waals surface area contributed by atoms with Crippen molar-refractivity contribution in [3.63, 3.8) is 0 Å². The second-order valence-corrected chi connectivity index (χ2v) is 11.1. The van der Waals surface area contributed by atoms with Crippen molar-refractivity contribution < 1.29 is 14.4 Å². The molecule has 7 nitrogen and oxygen atoms in total. The first-order chi connectivity index (χ1) is 17.2. The van der Waals surface area contributed by atoms with Gasteiger partial charge in [-0.15, -0.1) is 0 Å². The molecule has 2 saturated heterocycles. The van der Waals surface area contributed by atoms with Crippen LogP contribution in [0, 0.1) is 5.92 Å². The van der Waals surface area contributed by atoms with Gasteiger partial charge in [-0.1, -0.05) is 72.2 Å². The van der Waals surface area contributed by atoms with Crippen LogP contribution in [0.2, 0.25) is 0 Å². The molecule has 2 aromatic rings. The number of hydrogen-bond acceptors (Lipinski definition) is 4. The number of halogens is 1. The third-order valence-electron chi connectivity index (χ3n) is 7.52. The van der Waals surface area contributed by atoms with E-state index in [9.17, 15) is 14.4 Å². The zero-order chi connectivity index (χ0) is 25.9. The quantitative estimate of drug-likeness (QED) is 0.484. The van der Waals surface area contributed by atoms with Gasteiger partial charge < -0.3 is 15.1 Å². The van der Waals surface area contributed by atoms with Crippen LogP contribution in [-0.4, -0.2) is 64.8 Å². The number of rotatable bonds is 8. The van der Waals surface area contributed by atoms with E-state index in [1.807, 2.05) is 68.4 Å². The second-order valence-electron chi connectivity index (χ2n) is 10.1. The zero-order valence-corrected chi connectivity index (χ0v) is 22.8. The van der Waals surface area contributed by atoms with Gasteiger partial charge in [0.1, 0.15) is 5.54 Å². The molecule has 0 bridgehead atoms. The SMILES string of the molecule is CC(C)C(=O)NC(CCN1CCC2(CC1)C(=O)N(Cc1ccc(Br)cc1)C(=O)N2C)c1ccccc1. The van der Waals surface area contributed by atoms with E-state index >= 15 is 0 Å². The second kappa shape index (κ2) is 11.1. The summed E-state index contributed by atoms with van der Waals surface area (Å²) in [5.74, 6) is -0.124. The van der Waals surface area contributed by atoms with Gasteiger partial charge in [-0.05, 0) is 42.5 Å². The highest BCUT2D eigenvalue weighted by molar-refractivity contribution is 9.10. The van der Waals surface area contributed by atoms with Gasteiger partial charge in [0.15, 0.2) is 0 Å². The van der Waals surface area contributed by atoms with Gasteiger partial charge in [0.2, 0.25) is 5.91 Å². The fourth-order valence-corrected chi connectivity index (χ4v) is 5.38. The van der Waals surface area contributed by atoms with Crippen LogP contribution in [0.1, 0.15) is 50.3 Å². The summed E-state index contributed by atoms with van der Waals surface area (Å²) >= 11 is 3.43. The molecule has 192 valence electrons. The number of imide groups is 1. The van der Waals surface area contributed by atoms with Crippen molar-refractivity contribution >= 4 is 33.8 Å². The first-order valence-corrected chi connectivity index (χ1v) is 13.4. The minimum absolute atomic E-state index is 0.0454. The van der Waals surface area contributed by atoms with E-state index in [2.05, 4.69) is 26.1 Å². The Morgan fingerprint density at radius 1 is 1.03 bits per heavy atom. The van der Waals surface area contributed by atoms with E-state index in [1.165, 1.54) is 4.90 Å². The Labute approximate surface area is 221 Å². The summed E-state index contributed by atoms with van der Waals surface area (Å²) in [5.41, 5.74) is 1.26. The summed E-state index contributed by atoms with van der Waals surface area (Å²) < 4.78 is 0.963. The number of urea groups is 1. The van der Waals surface area contributed by atoms with E-state index in [1.54, 1.807) is 11.9 Å². The molecule has 1 N–H and O–H groups in total. The van der Waals surface area contributed by atoms with Gasteiger partial charge in [-0.3, -0.25) is 14.5 Å². The molecule has 2 aliphatic rings. The van der Waals surface area contributed by atoms with Crippen LogP contribution in [0.3, 0.4) is 0 Å². The predicted molar refractivity (Wildman–Crippen MR) is 143 cm³/mol. The minimum atomic E-state index is -0.770. The lowest BCUT2D eigenvalue weighted by Crippen LogP contribution is -2.55. The lowest BCUT2D eigenvalue weighted by atomic mass is 9.86. The molecule has 0 aliphatic carbocycles. The van der Waals surface area contributed by atoms with Crippen molar-refractivity contribution in [1.29, 1.82) is 0 Å². The molecule has 8 heteroatoms. The van der Waals surface area contributed by atoms with Crippen LogP contribution in [-0.2, 0) is 16.1 Å². The Hall–Kier alpha value is -2.71. The van der Waals surface area contributed by atoms with E-state index in [0.29, 0.717) is 12.8 Å². The predicted octanol–water partition coefficient (Wildman–Crippen LogP) is 4.58. The number of carbonyl (C=O) groups excluding carboxylic acids is 3. The van der Waals surface area contributed by atoms with E-state index in [0.717, 1.165) is 41.7 Å². The van der Waals surface area contributed by atoms with Crippen LogP contribution in [0.4, 0.5) is 4.79 Å². The maximum absolute atomic E-state index is 13.5. The molecular weight excluding hydrogens is 520 g/mol. The number of amides is 4. The van der Waals surface area contributed by atoms with E-state index in [4.69, 9.17) is 0 Å². The van der Waals surface area contributed by atoms with Crippen LogP contribution >= 0.6 is 15.9 Å². The highest BCUT2D eigenvalue weighted by atomic mass is 79.9. The summed E-state index contributed by atoms with van der Waals surface area (Å²) in [6.45, 7) is 6.36. The summed E-state index contributed by atoms with van der Waals surface area (Å²) in [7, 11) is 1.75. The maximum atomic E-state index is 13.5. The number of piperidine rings is 1. The molecule has 1 atom stereocenters. The topological polar surface area (TPSA) is 73.0 Å². The highest BCUT2D eigenvalue weighted by Crippen LogP contribution is 2.37. The number of likely N-dealkylation sites (N-methyl/N-ethyl adjacent to an activating group) is 1. The summed E-state index contributed by atoms with van der Waals surface area (Å²) in [6, 6.07) is 17.5. The van der Waals surface area contributed by atoms with Crippen molar-refractivity contribution in [3.05, 3.63) is 70.2 Å². The molecule has 2 aromatic carbocycles. The largest absolute Gasteiger partial charge is 0.349 e. The van der Waals surface area contributed by atoms with Gasteiger partial charge in [0, 0.05) is 37.1 Å². The lowest BCUT2D eigenvalue weighted by Gasteiger charge is -2.41. The zero-order valence-electron chi connectivity index (χ0n) is 21.2. The standard InChI is InChI=1S/C28H35BrN4O3/c1-20(2)25(34)30-24(22-7-5-4-6-8-22)13-16-32-17-14-28(15-18-32)26(35)33(27(36)31(28)3)19-21-9-11-23(29)12-10-21/h4-12,20,24H,13-19H2,1-3H3,(H,30,34). The monoisotopic (exact) mass is 554 g/mol. The van der Waals surface area contributed by atoms with E-state index < -0.39 is 5.54 Å². The Kier molecular flexibility index (Phi) is 8.15. The average Bonchev–Trinajstić information content (AvgIpc) is 3.05. The molecule has 1 unspecified atom stereocenters. The minimum Gasteiger partial charge on any atom is -0.349 e. The smallest absolute Gasteiger partial charge is 0.327 e. The molecule has 0 radical (unpaired) electrons. The van der Waals surface area contributed by atoms with Crippen molar-refractivity contribution in [3.8, 4) is 0 Å². The molecule has 4 amide bonds. The van der Waals surface area contributed by atoms with Crippen molar-refractivity contribution in [2.45, 2.75) is 51.2 Å². The Bertz CT molecular complexity index is 1080. The normalized spacial score (nSPS) is 18.8. The summed E-state index contributed by atoms with van der Waals surface area (Å²) in [5, 5.41) is 3.19. The Balaban J connectivity index is 1.38. The molecule has 2 aliphatic heterocycles. The molecular formula is C28H35BrN4O3. The van der Waals surface area contributed by atoms with Gasteiger partial charge in [0.05, 0.1) is 12.6 Å². The third-order valence-corrected chi connectivity index (χ3v) is 8.05. The number of likely N-dealkylation sites (tertiary alicyclic amines) is 1. The van der Waals surface area contributed by atoms with Gasteiger partial charge in [0.25, 0.3) is 5.91 Å². The molecule has 4 rings (SSSR count). The molecule has 2 fully saturated rings. The Morgan fingerprint density at radius 2 is 1.67 bits per heavy atom. The van der Waals surface area contributed by atoms with Crippen LogP contribution < -0.4 is 5.32 Å². The molecule has 0 saturated carbocycles. The number of hydrogen-bond donors (Lipinski definition) is 1. The first-order valence-electron chi connectivity index (χ1n) is 12.6. The molecule has 2 heterocycles. The first kappa shape index (κ1) is 26.4. The van der Waals surface area contributed by atoms with Gasteiger partial charge in [-0.2, -0.15) is 0 Å². The third kappa shape index (κ3) is 5.49. The van der Waals surface area contributed by atoms with Gasteiger partial charge in [-0.25, -0.2) is 4.79 Å². The van der Waals surface area contributed by atoms with Crippen molar-refractivity contribution in [2.75, 3.05) is 26.7 Å². The molecule has 0 aromatic heterocycles. The highest BCUT2D eigenvalue weighted by Gasteiger charge is 2.56. The summed E-state index contributed by atoms with van der Waals surface area (Å²) in [6.07, 6.45) is 2.01. The van der Waals surface area contributed by atoms with E-state index in [-0.39, 0.29) is 36.3 Å². The van der Waals surface area contributed by atoms with Crippen LogP contribution in [0.5, 0.6) is 0 Å². The van der Waals surface area contributed by atoms with Crippen LogP contribution in [0.15, 0.2) is 59.1 Å². The van der Waals surface area contributed by atoms with Crippen LogP contribution in [0.25, 0.3) is 0 Å².